The van der Waals surface area contributed by atoms with Crippen molar-refractivity contribution in [2.75, 3.05) is 6.61 Å². The first-order valence-corrected chi connectivity index (χ1v) is 7.47. The Bertz CT molecular complexity index is 681. The maximum atomic E-state index is 12.4. The molecule has 3 heteroatoms. The van der Waals surface area contributed by atoms with Crippen LogP contribution in [-0.2, 0) is 0 Å². The molecule has 1 aromatic carbocycles. The summed E-state index contributed by atoms with van der Waals surface area (Å²) in [5, 5.41) is 0. The van der Waals surface area contributed by atoms with Crippen LogP contribution >= 0.6 is 0 Å². The largest absolute Gasteiger partial charge is 0.485 e. The van der Waals surface area contributed by atoms with Gasteiger partial charge in [-0.05, 0) is 57.4 Å². The molecular formula is C18H21NO2. The van der Waals surface area contributed by atoms with Gasteiger partial charge in [0.1, 0.15) is 5.75 Å². The van der Waals surface area contributed by atoms with E-state index in [4.69, 9.17) is 4.74 Å². The number of carbonyl (C=O) groups is 1. The van der Waals surface area contributed by atoms with Gasteiger partial charge in [0, 0.05) is 23.0 Å². The second-order valence-corrected chi connectivity index (χ2v) is 5.91. The van der Waals surface area contributed by atoms with Crippen LogP contribution in [0, 0.1) is 20.8 Å². The lowest BCUT2D eigenvalue weighted by Gasteiger charge is -2.08. The normalized spacial score (nSPS) is 14.2. The van der Waals surface area contributed by atoms with E-state index in [1.807, 2.05) is 44.2 Å². The molecule has 2 aromatic rings. The zero-order valence-electron chi connectivity index (χ0n) is 12.8. The van der Waals surface area contributed by atoms with Gasteiger partial charge in [0.25, 0.3) is 0 Å². The lowest BCUT2D eigenvalue weighted by atomic mass is 10.1. The van der Waals surface area contributed by atoms with Gasteiger partial charge < -0.3 is 9.30 Å². The van der Waals surface area contributed by atoms with Gasteiger partial charge >= 0.3 is 0 Å². The van der Waals surface area contributed by atoms with E-state index in [9.17, 15) is 4.79 Å². The molecule has 3 rings (SSSR count). The molecule has 1 aliphatic carbocycles. The summed E-state index contributed by atoms with van der Waals surface area (Å²) >= 11 is 0. The third-order valence-electron chi connectivity index (χ3n) is 4.06. The van der Waals surface area contributed by atoms with Crippen LogP contribution < -0.4 is 4.74 Å². The topological polar surface area (TPSA) is 31.2 Å². The van der Waals surface area contributed by atoms with E-state index in [0.717, 1.165) is 22.6 Å². The highest BCUT2D eigenvalue weighted by Gasteiger charge is 2.28. The maximum Gasteiger partial charge on any atom is 0.202 e. The molecule has 1 saturated carbocycles. The first-order chi connectivity index (χ1) is 10.1. The summed E-state index contributed by atoms with van der Waals surface area (Å²) in [4.78, 5) is 12.4. The summed E-state index contributed by atoms with van der Waals surface area (Å²) < 4.78 is 7.92. The Morgan fingerprint density at radius 3 is 2.67 bits per heavy atom. The third kappa shape index (κ3) is 2.87. The van der Waals surface area contributed by atoms with Crippen LogP contribution in [-0.4, -0.2) is 17.0 Å². The van der Waals surface area contributed by atoms with E-state index >= 15 is 0 Å². The predicted molar refractivity (Wildman–Crippen MR) is 83.2 cm³/mol. The summed E-state index contributed by atoms with van der Waals surface area (Å²) in [6.45, 7) is 6.21. The highest BCUT2D eigenvalue weighted by atomic mass is 16.5. The molecule has 0 radical (unpaired) electrons. The molecule has 21 heavy (non-hydrogen) atoms. The van der Waals surface area contributed by atoms with Gasteiger partial charge in [-0.15, -0.1) is 0 Å². The van der Waals surface area contributed by atoms with Crippen LogP contribution in [0.4, 0.5) is 0 Å². The Hall–Kier alpha value is -2.03. The third-order valence-corrected chi connectivity index (χ3v) is 4.06. The van der Waals surface area contributed by atoms with Crippen molar-refractivity contribution in [1.29, 1.82) is 0 Å². The van der Waals surface area contributed by atoms with Crippen LogP contribution in [0.1, 0.15) is 46.2 Å². The van der Waals surface area contributed by atoms with Gasteiger partial charge in [0.2, 0.25) is 5.78 Å². The Morgan fingerprint density at radius 2 is 2.00 bits per heavy atom. The fourth-order valence-corrected chi connectivity index (χ4v) is 2.89. The zero-order valence-corrected chi connectivity index (χ0v) is 12.8. The number of ether oxygens (including phenoxy) is 1. The van der Waals surface area contributed by atoms with Crippen molar-refractivity contribution in [2.45, 2.75) is 39.7 Å². The van der Waals surface area contributed by atoms with Crippen LogP contribution in [0.25, 0.3) is 0 Å². The van der Waals surface area contributed by atoms with Crippen LogP contribution in [0.2, 0.25) is 0 Å². The molecule has 0 aliphatic heterocycles. The molecule has 0 unspecified atom stereocenters. The summed E-state index contributed by atoms with van der Waals surface area (Å²) in [7, 11) is 0. The number of rotatable bonds is 5. The maximum absolute atomic E-state index is 12.4. The number of aromatic nitrogens is 1. The molecule has 1 aromatic heterocycles. The van der Waals surface area contributed by atoms with Crippen molar-refractivity contribution in [1.82, 2.24) is 4.57 Å². The smallest absolute Gasteiger partial charge is 0.202 e. The van der Waals surface area contributed by atoms with E-state index in [0.29, 0.717) is 6.04 Å². The van der Waals surface area contributed by atoms with Crippen molar-refractivity contribution >= 4 is 5.78 Å². The van der Waals surface area contributed by atoms with Crippen molar-refractivity contribution in [3.05, 3.63) is 52.8 Å². The number of hydrogen-bond acceptors (Lipinski definition) is 2. The Balaban J connectivity index is 1.72. The molecule has 0 N–H and O–H groups in total. The fraction of sp³-hybridized carbons (Fsp3) is 0.389. The Kier molecular flexibility index (Phi) is 3.58. The summed E-state index contributed by atoms with van der Waals surface area (Å²) in [5.74, 6) is 0.802. The second-order valence-electron chi connectivity index (χ2n) is 5.91. The lowest BCUT2D eigenvalue weighted by Crippen LogP contribution is -2.12. The standard InChI is InChI=1S/C18H21NO2/c1-12-5-4-6-16(9-12)21-11-18(20)17-10-13(2)19(14(17)3)15-7-8-15/h4-6,9-10,15H,7-8,11H2,1-3H3. The second kappa shape index (κ2) is 5.40. The molecule has 1 fully saturated rings. The molecule has 1 aliphatic rings. The van der Waals surface area contributed by atoms with E-state index in [-0.39, 0.29) is 12.4 Å². The minimum Gasteiger partial charge on any atom is -0.485 e. The number of ketones is 1. The van der Waals surface area contributed by atoms with Gasteiger partial charge in [0.15, 0.2) is 6.61 Å². The average molecular weight is 283 g/mol. The molecular weight excluding hydrogens is 262 g/mol. The summed E-state index contributed by atoms with van der Waals surface area (Å²) in [5.41, 5.74) is 4.18. The molecule has 0 amide bonds. The van der Waals surface area contributed by atoms with Gasteiger partial charge in [-0.2, -0.15) is 0 Å². The minimum absolute atomic E-state index is 0.0523. The van der Waals surface area contributed by atoms with Crippen LogP contribution in [0.3, 0.4) is 0 Å². The molecule has 0 saturated heterocycles. The quantitative estimate of drug-likeness (QED) is 0.776. The number of hydrogen-bond donors (Lipinski definition) is 0. The summed E-state index contributed by atoms with van der Waals surface area (Å²) in [6, 6.07) is 10.4. The van der Waals surface area contributed by atoms with Gasteiger partial charge in [-0.25, -0.2) is 0 Å². The van der Waals surface area contributed by atoms with Crippen LogP contribution in [0.15, 0.2) is 30.3 Å². The van der Waals surface area contributed by atoms with E-state index in [1.165, 1.54) is 18.5 Å². The number of nitrogens with zero attached hydrogens (tertiary/aromatic N) is 1. The van der Waals surface area contributed by atoms with Gasteiger partial charge in [-0.1, -0.05) is 12.1 Å². The van der Waals surface area contributed by atoms with Gasteiger partial charge in [0.05, 0.1) is 0 Å². The minimum atomic E-state index is 0.0523. The number of aryl methyl sites for hydroxylation is 2. The first-order valence-electron chi connectivity index (χ1n) is 7.47. The van der Waals surface area contributed by atoms with Gasteiger partial charge in [-0.3, -0.25) is 4.79 Å². The molecule has 110 valence electrons. The highest BCUT2D eigenvalue weighted by Crippen LogP contribution is 2.38. The SMILES string of the molecule is Cc1cccc(OCC(=O)c2cc(C)n(C3CC3)c2C)c1. The van der Waals surface area contributed by atoms with E-state index < -0.39 is 0 Å². The monoisotopic (exact) mass is 283 g/mol. The predicted octanol–water partition coefficient (Wildman–Crippen LogP) is 4.01. The number of Topliss-reactive ketones (excluding diaryl/α,β-unsaturated/α-hetero) is 1. The molecule has 0 bridgehead atoms. The molecule has 1 heterocycles. The lowest BCUT2D eigenvalue weighted by molar-refractivity contribution is 0.0920. The van der Waals surface area contributed by atoms with Crippen LogP contribution in [0.5, 0.6) is 5.75 Å². The number of carbonyl (C=O) groups excluding carboxylic acids is 1. The van der Waals surface area contributed by atoms with E-state index in [1.54, 1.807) is 0 Å². The average Bonchev–Trinajstić information content (AvgIpc) is 3.22. The van der Waals surface area contributed by atoms with Crippen molar-refractivity contribution < 1.29 is 9.53 Å². The Labute approximate surface area is 125 Å². The molecule has 0 spiro atoms. The van der Waals surface area contributed by atoms with Crippen molar-refractivity contribution in [3.63, 3.8) is 0 Å². The fourth-order valence-electron chi connectivity index (χ4n) is 2.89. The highest BCUT2D eigenvalue weighted by molar-refractivity contribution is 5.98. The van der Waals surface area contributed by atoms with Crippen molar-refractivity contribution in [3.8, 4) is 5.75 Å². The van der Waals surface area contributed by atoms with E-state index in [2.05, 4.69) is 11.5 Å². The number of benzene rings is 1. The summed E-state index contributed by atoms with van der Waals surface area (Å²) in [6.07, 6.45) is 2.45. The molecule has 3 nitrogen and oxygen atoms in total. The molecule has 0 atom stereocenters. The van der Waals surface area contributed by atoms with Crippen molar-refractivity contribution in [2.24, 2.45) is 0 Å². The zero-order chi connectivity index (χ0) is 15.0. The first kappa shape index (κ1) is 13.9. The Morgan fingerprint density at radius 1 is 1.24 bits per heavy atom.